The maximum Gasteiger partial charge on any atom is 0.345 e. The zero-order valence-electron chi connectivity index (χ0n) is 7.07. The lowest BCUT2D eigenvalue weighted by atomic mass is 10.2. The number of nitrogens with zero attached hydrogens (tertiary/aromatic N) is 1. The summed E-state index contributed by atoms with van der Waals surface area (Å²) in [7, 11) is 0. The van der Waals surface area contributed by atoms with Crippen molar-refractivity contribution in [3.05, 3.63) is 39.8 Å². The molecule has 0 bridgehead atoms. The normalized spacial score (nSPS) is 10.2. The number of H-pyrrole nitrogens is 1. The van der Waals surface area contributed by atoms with Crippen LogP contribution >= 0.6 is 11.3 Å². The molecule has 3 nitrogen and oxygen atoms in total. The van der Waals surface area contributed by atoms with Gasteiger partial charge >= 0.3 is 5.69 Å². The number of hydrogen-bond donors (Lipinski definition) is 1. The topological polar surface area (TPSA) is 45.8 Å². The predicted molar refractivity (Wildman–Crippen MR) is 52.9 cm³/mol. The van der Waals surface area contributed by atoms with E-state index in [-0.39, 0.29) is 5.69 Å². The first-order valence-electron chi connectivity index (χ1n) is 3.87. The fourth-order valence-electron chi connectivity index (χ4n) is 1.13. The van der Waals surface area contributed by atoms with E-state index in [2.05, 4.69) is 9.97 Å². The van der Waals surface area contributed by atoms with Crippen LogP contribution in [-0.2, 0) is 0 Å². The van der Waals surface area contributed by atoms with Gasteiger partial charge in [-0.25, -0.2) is 9.78 Å². The summed E-state index contributed by atoms with van der Waals surface area (Å²) in [5, 5.41) is 1.98. The summed E-state index contributed by atoms with van der Waals surface area (Å²) in [5.41, 5.74) is 1.56. The molecule has 66 valence electrons. The zero-order chi connectivity index (χ0) is 9.26. The number of aryl methyl sites for hydroxylation is 1. The van der Waals surface area contributed by atoms with Crippen LogP contribution in [0.25, 0.3) is 10.6 Å². The Hall–Kier alpha value is -1.42. The molecular weight excluding hydrogens is 184 g/mol. The van der Waals surface area contributed by atoms with Crippen LogP contribution in [0.2, 0.25) is 0 Å². The van der Waals surface area contributed by atoms with Crippen molar-refractivity contribution >= 4 is 11.3 Å². The van der Waals surface area contributed by atoms with Crippen LogP contribution in [0.4, 0.5) is 0 Å². The van der Waals surface area contributed by atoms with E-state index in [0.29, 0.717) is 0 Å². The van der Waals surface area contributed by atoms with Crippen LogP contribution in [0.15, 0.2) is 28.5 Å². The van der Waals surface area contributed by atoms with Crippen molar-refractivity contribution in [3.8, 4) is 10.6 Å². The number of hydrogen-bond acceptors (Lipinski definition) is 3. The van der Waals surface area contributed by atoms with Gasteiger partial charge in [0.1, 0.15) is 0 Å². The summed E-state index contributed by atoms with van der Waals surface area (Å²) in [6.07, 6.45) is 1.59. The fraction of sp³-hybridized carbons (Fsp3) is 0.111. The summed E-state index contributed by atoms with van der Waals surface area (Å²) in [5.74, 6) is 0. The standard InChI is InChI=1S/C9H8N2OS/c1-6-5-10-9(12)11-8(6)7-3-2-4-13-7/h2-5H,1H3,(H,10,11,12). The molecule has 0 amide bonds. The maximum atomic E-state index is 11.0. The highest BCUT2D eigenvalue weighted by Crippen LogP contribution is 2.23. The molecule has 2 rings (SSSR count). The molecule has 0 spiro atoms. The van der Waals surface area contributed by atoms with E-state index in [0.717, 1.165) is 16.1 Å². The first-order chi connectivity index (χ1) is 6.27. The van der Waals surface area contributed by atoms with Gasteiger partial charge in [-0.3, -0.25) is 0 Å². The van der Waals surface area contributed by atoms with Gasteiger partial charge in [0.25, 0.3) is 0 Å². The van der Waals surface area contributed by atoms with Crippen LogP contribution in [0.3, 0.4) is 0 Å². The lowest BCUT2D eigenvalue weighted by Gasteiger charge is -1.99. The zero-order valence-corrected chi connectivity index (χ0v) is 7.89. The molecule has 2 aromatic rings. The van der Waals surface area contributed by atoms with Gasteiger partial charge in [0, 0.05) is 6.20 Å². The second-order valence-electron chi connectivity index (χ2n) is 2.72. The van der Waals surface area contributed by atoms with Crippen molar-refractivity contribution in [1.29, 1.82) is 0 Å². The second kappa shape index (κ2) is 3.14. The first-order valence-corrected chi connectivity index (χ1v) is 4.75. The number of aromatic nitrogens is 2. The third-order valence-corrected chi connectivity index (χ3v) is 2.66. The molecule has 0 radical (unpaired) electrons. The molecule has 0 aliphatic carbocycles. The predicted octanol–water partition coefficient (Wildman–Crippen LogP) is 1.81. The van der Waals surface area contributed by atoms with E-state index in [1.807, 2.05) is 24.4 Å². The van der Waals surface area contributed by atoms with E-state index in [9.17, 15) is 4.79 Å². The Morgan fingerprint density at radius 1 is 1.54 bits per heavy atom. The highest BCUT2D eigenvalue weighted by atomic mass is 32.1. The van der Waals surface area contributed by atoms with E-state index >= 15 is 0 Å². The van der Waals surface area contributed by atoms with Crippen molar-refractivity contribution in [3.63, 3.8) is 0 Å². The van der Waals surface area contributed by atoms with E-state index < -0.39 is 0 Å². The van der Waals surface area contributed by atoms with Gasteiger partial charge in [0.05, 0.1) is 10.6 Å². The number of aromatic amines is 1. The van der Waals surface area contributed by atoms with Crippen LogP contribution in [0, 0.1) is 6.92 Å². The molecule has 0 atom stereocenters. The van der Waals surface area contributed by atoms with Gasteiger partial charge in [0.15, 0.2) is 0 Å². The van der Waals surface area contributed by atoms with Crippen molar-refractivity contribution in [2.45, 2.75) is 6.92 Å². The molecule has 0 saturated heterocycles. The Morgan fingerprint density at radius 3 is 3.08 bits per heavy atom. The molecule has 0 aliphatic rings. The maximum absolute atomic E-state index is 11.0. The van der Waals surface area contributed by atoms with E-state index in [1.54, 1.807) is 17.5 Å². The summed E-state index contributed by atoms with van der Waals surface area (Å²) >= 11 is 1.60. The second-order valence-corrected chi connectivity index (χ2v) is 3.67. The van der Waals surface area contributed by atoms with Crippen molar-refractivity contribution in [2.75, 3.05) is 0 Å². The van der Waals surface area contributed by atoms with Gasteiger partial charge in [-0.15, -0.1) is 11.3 Å². The Kier molecular flexibility index (Phi) is 1.98. The Bertz CT molecular complexity index is 459. The molecule has 0 aliphatic heterocycles. The van der Waals surface area contributed by atoms with Gasteiger partial charge in [-0.05, 0) is 23.9 Å². The van der Waals surface area contributed by atoms with Crippen LogP contribution in [0.5, 0.6) is 0 Å². The lowest BCUT2D eigenvalue weighted by Crippen LogP contribution is -2.10. The number of thiophene rings is 1. The minimum Gasteiger partial charge on any atom is -0.304 e. The van der Waals surface area contributed by atoms with Gasteiger partial charge in [0.2, 0.25) is 0 Å². The monoisotopic (exact) mass is 192 g/mol. The minimum absolute atomic E-state index is 0.297. The molecular formula is C9H8N2OS. The van der Waals surface area contributed by atoms with Gasteiger partial charge in [-0.2, -0.15) is 0 Å². The molecule has 4 heteroatoms. The molecule has 0 fully saturated rings. The average Bonchev–Trinajstić information content (AvgIpc) is 2.61. The number of nitrogens with one attached hydrogen (secondary N) is 1. The molecule has 0 saturated carbocycles. The van der Waals surface area contributed by atoms with Crippen LogP contribution < -0.4 is 5.69 Å². The quantitative estimate of drug-likeness (QED) is 0.749. The minimum atomic E-state index is -0.297. The fourth-order valence-corrected chi connectivity index (χ4v) is 1.93. The third kappa shape index (κ3) is 1.53. The van der Waals surface area contributed by atoms with Crippen molar-refractivity contribution < 1.29 is 0 Å². The molecule has 13 heavy (non-hydrogen) atoms. The summed E-state index contributed by atoms with van der Waals surface area (Å²) in [4.78, 5) is 18.4. The summed E-state index contributed by atoms with van der Waals surface area (Å²) in [6.45, 7) is 1.93. The Labute approximate surface area is 79.1 Å². The molecule has 2 heterocycles. The van der Waals surface area contributed by atoms with E-state index in [1.165, 1.54) is 0 Å². The van der Waals surface area contributed by atoms with E-state index in [4.69, 9.17) is 0 Å². The number of rotatable bonds is 1. The largest absolute Gasteiger partial charge is 0.345 e. The van der Waals surface area contributed by atoms with Gasteiger partial charge in [-0.1, -0.05) is 6.07 Å². The molecule has 2 aromatic heterocycles. The summed E-state index contributed by atoms with van der Waals surface area (Å²) < 4.78 is 0. The smallest absolute Gasteiger partial charge is 0.304 e. The van der Waals surface area contributed by atoms with Gasteiger partial charge < -0.3 is 4.98 Å². The Balaban J connectivity index is 2.64. The SMILES string of the molecule is Cc1cnc(=O)[nH]c1-c1cccs1. The van der Waals surface area contributed by atoms with Crippen LogP contribution in [0.1, 0.15) is 5.56 Å². The highest BCUT2D eigenvalue weighted by Gasteiger charge is 2.03. The van der Waals surface area contributed by atoms with Crippen molar-refractivity contribution in [1.82, 2.24) is 9.97 Å². The first kappa shape index (κ1) is 8.19. The Morgan fingerprint density at radius 2 is 2.38 bits per heavy atom. The lowest BCUT2D eigenvalue weighted by molar-refractivity contribution is 1.06. The summed E-state index contributed by atoms with van der Waals surface area (Å²) in [6, 6.07) is 3.93. The third-order valence-electron chi connectivity index (χ3n) is 1.77. The molecule has 1 N–H and O–H groups in total. The highest BCUT2D eigenvalue weighted by molar-refractivity contribution is 7.13. The van der Waals surface area contributed by atoms with Crippen LogP contribution in [-0.4, -0.2) is 9.97 Å². The average molecular weight is 192 g/mol. The molecule has 0 unspecified atom stereocenters. The molecule has 0 aromatic carbocycles. The van der Waals surface area contributed by atoms with Crippen molar-refractivity contribution in [2.24, 2.45) is 0 Å².